The van der Waals surface area contributed by atoms with E-state index in [1.807, 2.05) is 36.4 Å². The Morgan fingerprint density at radius 2 is 0.691 bits per heavy atom. The molecule has 0 saturated heterocycles. The maximum atomic E-state index is 6.28. The molecule has 258 valence electrons. The van der Waals surface area contributed by atoms with Crippen LogP contribution in [0.1, 0.15) is 0 Å². The third-order valence-electron chi connectivity index (χ3n) is 10.3. The molecule has 0 fully saturated rings. The highest BCUT2D eigenvalue weighted by Crippen LogP contribution is 2.38. The Kier molecular flexibility index (Phi) is 8.16. The van der Waals surface area contributed by atoms with Crippen LogP contribution in [0.15, 0.2) is 211 Å². The third-order valence-corrected chi connectivity index (χ3v) is 10.3. The molecule has 8 aromatic carbocycles. The lowest BCUT2D eigenvalue weighted by molar-refractivity contribution is 0.653. The minimum atomic E-state index is 0.589. The summed E-state index contributed by atoms with van der Waals surface area (Å²) >= 11 is 0. The van der Waals surface area contributed by atoms with Crippen molar-refractivity contribution in [3.8, 4) is 78.3 Å². The molecule has 3 heteroatoms. The van der Waals surface area contributed by atoms with E-state index in [1.54, 1.807) is 0 Å². The highest BCUT2D eigenvalue weighted by atomic mass is 16.3. The molecule has 0 spiro atoms. The number of para-hydroxylation sites is 1. The van der Waals surface area contributed by atoms with Gasteiger partial charge in [-0.3, -0.25) is 0 Å². The molecule has 55 heavy (non-hydrogen) atoms. The molecule has 10 aromatic rings. The molecule has 0 radical (unpaired) electrons. The topological polar surface area (TPSA) is 38.9 Å². The second-order valence-corrected chi connectivity index (χ2v) is 13.8. The molecule has 2 aromatic heterocycles. The summed E-state index contributed by atoms with van der Waals surface area (Å²) in [6, 6.07) is 72.5. The first-order chi connectivity index (χ1) is 27.2. The molecule has 0 bridgehead atoms. The van der Waals surface area contributed by atoms with E-state index in [4.69, 9.17) is 14.4 Å². The van der Waals surface area contributed by atoms with Crippen LogP contribution in [0, 0.1) is 0 Å². The van der Waals surface area contributed by atoms with Crippen LogP contribution >= 0.6 is 0 Å². The molecule has 0 N–H and O–H groups in total. The minimum Gasteiger partial charge on any atom is -0.438 e. The van der Waals surface area contributed by atoms with Crippen molar-refractivity contribution >= 4 is 22.1 Å². The van der Waals surface area contributed by atoms with Crippen molar-refractivity contribution in [2.24, 2.45) is 0 Å². The van der Waals surface area contributed by atoms with Gasteiger partial charge in [0.25, 0.3) is 0 Å². The minimum absolute atomic E-state index is 0.589. The predicted molar refractivity (Wildman–Crippen MR) is 227 cm³/mol. The van der Waals surface area contributed by atoms with Gasteiger partial charge >= 0.3 is 0 Å². The zero-order valence-electron chi connectivity index (χ0n) is 29.9. The Morgan fingerprint density at radius 1 is 0.291 bits per heavy atom. The Morgan fingerprint density at radius 3 is 1.25 bits per heavy atom. The van der Waals surface area contributed by atoms with Gasteiger partial charge in [-0.1, -0.05) is 176 Å². The van der Waals surface area contributed by atoms with Crippen molar-refractivity contribution in [1.29, 1.82) is 0 Å². The molecule has 0 aliphatic heterocycles. The quantitative estimate of drug-likeness (QED) is 0.166. The number of benzene rings is 8. The van der Waals surface area contributed by atoms with E-state index in [9.17, 15) is 0 Å². The molecular formula is C52H34N2O. The van der Waals surface area contributed by atoms with Crippen LogP contribution in [-0.4, -0.2) is 9.97 Å². The number of furan rings is 1. The fourth-order valence-electron chi connectivity index (χ4n) is 7.49. The first-order valence-corrected chi connectivity index (χ1v) is 18.6. The molecule has 3 nitrogen and oxygen atoms in total. The number of hydrogen-bond acceptors (Lipinski definition) is 3. The lowest BCUT2D eigenvalue weighted by Crippen LogP contribution is -1.94. The molecule has 0 aliphatic carbocycles. The second-order valence-electron chi connectivity index (χ2n) is 13.8. The van der Waals surface area contributed by atoms with Gasteiger partial charge in [0, 0.05) is 16.5 Å². The van der Waals surface area contributed by atoms with E-state index in [2.05, 4.69) is 170 Å². The molecule has 10 rings (SSSR count). The number of fused-ring (bicyclic) bond motifs is 3. The lowest BCUT2D eigenvalue weighted by Gasteiger charge is -2.12. The fraction of sp³-hybridized carbons (Fsp3) is 0. The highest BCUT2D eigenvalue weighted by molar-refractivity contribution is 6.10. The monoisotopic (exact) mass is 702 g/mol. The first-order valence-electron chi connectivity index (χ1n) is 18.6. The van der Waals surface area contributed by atoms with Gasteiger partial charge in [0.1, 0.15) is 5.58 Å². The van der Waals surface area contributed by atoms with E-state index < -0.39 is 0 Å². The maximum Gasteiger partial charge on any atom is 0.231 e. The zero-order chi connectivity index (χ0) is 36.6. The van der Waals surface area contributed by atoms with Crippen LogP contribution in [-0.2, 0) is 0 Å². The smallest absolute Gasteiger partial charge is 0.231 e. The van der Waals surface area contributed by atoms with E-state index in [-0.39, 0.29) is 0 Å². The van der Waals surface area contributed by atoms with Crippen LogP contribution in [0.3, 0.4) is 0 Å². The van der Waals surface area contributed by atoms with E-state index in [1.165, 1.54) is 44.5 Å². The van der Waals surface area contributed by atoms with Crippen molar-refractivity contribution in [3.63, 3.8) is 0 Å². The number of aromatic nitrogens is 2. The summed E-state index contributed by atoms with van der Waals surface area (Å²) in [5.74, 6) is 0.633. The van der Waals surface area contributed by atoms with Crippen molar-refractivity contribution in [1.82, 2.24) is 9.97 Å². The van der Waals surface area contributed by atoms with Crippen molar-refractivity contribution in [2.45, 2.75) is 0 Å². The standard InChI is InChI=1S/C52H34N2O/c1-4-13-35(14-5-1)44-32-45(36-15-6-2-7-16-36)34-46(33-44)40-29-25-38(26-30-40)37-23-27-39(28-24-37)42-19-12-20-43(31-42)51-53-50(41-17-8-3-9-18-41)49-47-21-10-11-22-48(47)55-52(49)54-51/h1-34H. The largest absolute Gasteiger partial charge is 0.438 e. The van der Waals surface area contributed by atoms with E-state index >= 15 is 0 Å². The molecule has 2 heterocycles. The van der Waals surface area contributed by atoms with Gasteiger partial charge in [-0.15, -0.1) is 0 Å². The van der Waals surface area contributed by atoms with Gasteiger partial charge in [-0.2, -0.15) is 4.98 Å². The normalized spacial score (nSPS) is 11.3. The van der Waals surface area contributed by atoms with Crippen LogP contribution < -0.4 is 0 Å². The molecular weight excluding hydrogens is 669 g/mol. The van der Waals surface area contributed by atoms with Crippen molar-refractivity contribution in [2.75, 3.05) is 0 Å². The van der Waals surface area contributed by atoms with Gasteiger partial charge in [-0.05, 0) is 86.0 Å². The Bertz CT molecular complexity index is 2880. The van der Waals surface area contributed by atoms with Gasteiger partial charge in [0.05, 0.1) is 11.1 Å². The summed E-state index contributed by atoms with van der Waals surface area (Å²) in [5, 5.41) is 1.95. The Balaban J connectivity index is 0.953. The molecule has 0 aliphatic rings. The fourth-order valence-corrected chi connectivity index (χ4v) is 7.49. The maximum absolute atomic E-state index is 6.28. The average Bonchev–Trinajstić information content (AvgIpc) is 3.66. The second kappa shape index (κ2) is 13.9. The summed E-state index contributed by atoms with van der Waals surface area (Å²) in [5.41, 5.74) is 16.0. The summed E-state index contributed by atoms with van der Waals surface area (Å²) in [4.78, 5) is 10.1. The Labute approximate surface area is 319 Å². The zero-order valence-corrected chi connectivity index (χ0v) is 29.9. The van der Waals surface area contributed by atoms with Gasteiger partial charge in [0.2, 0.25) is 5.71 Å². The average molecular weight is 703 g/mol. The van der Waals surface area contributed by atoms with Crippen molar-refractivity contribution in [3.05, 3.63) is 206 Å². The summed E-state index contributed by atoms with van der Waals surface area (Å²) in [6.07, 6.45) is 0. The first kappa shape index (κ1) is 32.3. The van der Waals surface area contributed by atoms with E-state index in [0.29, 0.717) is 11.5 Å². The summed E-state index contributed by atoms with van der Waals surface area (Å²) in [7, 11) is 0. The summed E-state index contributed by atoms with van der Waals surface area (Å²) < 4.78 is 6.28. The van der Waals surface area contributed by atoms with Crippen LogP contribution in [0.25, 0.3) is 100 Å². The number of nitrogens with zero attached hydrogens (tertiary/aromatic N) is 2. The van der Waals surface area contributed by atoms with Crippen LogP contribution in [0.4, 0.5) is 0 Å². The van der Waals surface area contributed by atoms with Gasteiger partial charge < -0.3 is 4.42 Å². The van der Waals surface area contributed by atoms with Gasteiger partial charge in [-0.25, -0.2) is 4.98 Å². The lowest BCUT2D eigenvalue weighted by atomic mass is 9.92. The number of rotatable bonds is 7. The summed E-state index contributed by atoms with van der Waals surface area (Å²) in [6.45, 7) is 0. The molecule has 0 unspecified atom stereocenters. The van der Waals surface area contributed by atoms with Crippen LogP contribution in [0.5, 0.6) is 0 Å². The number of hydrogen-bond donors (Lipinski definition) is 0. The SMILES string of the molecule is c1ccc(-c2cc(-c3ccccc3)cc(-c3ccc(-c4ccc(-c5cccc(-c6nc(-c7ccccc7)c7c(n6)oc6ccccc67)c5)cc4)cc3)c2)cc1. The van der Waals surface area contributed by atoms with Crippen molar-refractivity contribution < 1.29 is 4.42 Å². The molecule has 0 saturated carbocycles. The predicted octanol–water partition coefficient (Wildman–Crippen LogP) is 14.0. The Hall–Kier alpha value is -7.36. The molecule has 0 amide bonds. The molecule has 0 atom stereocenters. The third kappa shape index (κ3) is 6.28. The van der Waals surface area contributed by atoms with E-state index in [0.717, 1.165) is 44.3 Å². The van der Waals surface area contributed by atoms with Crippen LogP contribution in [0.2, 0.25) is 0 Å². The van der Waals surface area contributed by atoms with Gasteiger partial charge in [0.15, 0.2) is 5.82 Å². The highest BCUT2D eigenvalue weighted by Gasteiger charge is 2.18.